The summed E-state index contributed by atoms with van der Waals surface area (Å²) in [6.45, 7) is 13.6. The van der Waals surface area contributed by atoms with Crippen LogP contribution in [0.5, 0.6) is 0 Å². The summed E-state index contributed by atoms with van der Waals surface area (Å²) >= 11 is 0. The Bertz CT molecular complexity index is 876. The number of hydrogen-bond donors (Lipinski definition) is 1. The number of anilines is 1. The molecule has 2 saturated carbocycles. The SMILES string of the molecule is CC(C)N(C(=O)C[N+]12CC[N+](CC(=O)N[C@H](C)[C@@H]3C[C@H]4CC[C@H]3C4)(CC1)CC2)c1ccccc1. The molecular weight excluding hydrogens is 424 g/mol. The van der Waals surface area contributed by atoms with Gasteiger partial charge in [0.25, 0.3) is 11.8 Å². The van der Waals surface area contributed by atoms with E-state index in [1.807, 2.05) is 35.2 Å². The van der Waals surface area contributed by atoms with Gasteiger partial charge in [0.05, 0.1) is 0 Å². The third kappa shape index (κ3) is 4.64. The van der Waals surface area contributed by atoms with Gasteiger partial charge in [-0.25, -0.2) is 0 Å². The Labute approximate surface area is 205 Å². The average molecular weight is 469 g/mol. The van der Waals surface area contributed by atoms with Crippen LogP contribution in [-0.2, 0) is 9.59 Å². The maximum Gasteiger partial charge on any atom is 0.282 e. The fourth-order valence-corrected chi connectivity index (χ4v) is 7.72. The topological polar surface area (TPSA) is 49.4 Å². The van der Waals surface area contributed by atoms with Crippen molar-refractivity contribution >= 4 is 17.5 Å². The van der Waals surface area contributed by atoms with Crippen molar-refractivity contribution in [2.24, 2.45) is 17.8 Å². The summed E-state index contributed by atoms with van der Waals surface area (Å²) in [5, 5.41) is 3.40. The van der Waals surface area contributed by atoms with Gasteiger partial charge in [0.1, 0.15) is 39.3 Å². The molecule has 2 amide bonds. The van der Waals surface area contributed by atoms with Gasteiger partial charge in [0.2, 0.25) is 0 Å². The summed E-state index contributed by atoms with van der Waals surface area (Å²) in [6.07, 6.45) is 5.48. The molecule has 1 N–H and O–H groups in total. The van der Waals surface area contributed by atoms with Crippen molar-refractivity contribution in [2.45, 2.75) is 58.5 Å². The highest BCUT2D eigenvalue weighted by molar-refractivity contribution is 5.94. The number of nitrogens with zero attached hydrogens (tertiary/aromatic N) is 3. The minimum atomic E-state index is 0.137. The van der Waals surface area contributed by atoms with Gasteiger partial charge in [-0.2, -0.15) is 0 Å². The molecule has 4 atom stereocenters. The smallest absolute Gasteiger partial charge is 0.282 e. The Morgan fingerprint density at radius 2 is 1.53 bits per heavy atom. The number of piperazine rings is 3. The van der Waals surface area contributed by atoms with Crippen molar-refractivity contribution in [1.29, 1.82) is 0 Å². The van der Waals surface area contributed by atoms with Crippen LogP contribution in [0.3, 0.4) is 0 Å². The van der Waals surface area contributed by atoms with Crippen LogP contribution in [0.4, 0.5) is 5.69 Å². The van der Waals surface area contributed by atoms with Gasteiger partial charge in [-0.1, -0.05) is 24.6 Å². The highest BCUT2D eigenvalue weighted by Crippen LogP contribution is 2.49. The van der Waals surface area contributed by atoms with Gasteiger partial charge in [0.15, 0.2) is 13.1 Å². The lowest BCUT2D eigenvalue weighted by Gasteiger charge is -2.55. The van der Waals surface area contributed by atoms with Crippen molar-refractivity contribution < 1.29 is 18.6 Å². The minimum absolute atomic E-state index is 0.137. The van der Waals surface area contributed by atoms with Gasteiger partial charge in [-0.3, -0.25) is 9.59 Å². The first-order chi connectivity index (χ1) is 16.3. The van der Waals surface area contributed by atoms with E-state index in [-0.39, 0.29) is 17.9 Å². The van der Waals surface area contributed by atoms with Crippen molar-refractivity contribution in [1.82, 2.24) is 5.32 Å². The van der Waals surface area contributed by atoms with E-state index >= 15 is 0 Å². The van der Waals surface area contributed by atoms with Crippen LogP contribution < -0.4 is 10.2 Å². The Morgan fingerprint density at radius 1 is 0.912 bits per heavy atom. The second kappa shape index (κ2) is 9.27. The molecule has 0 aromatic heterocycles. The van der Waals surface area contributed by atoms with Gasteiger partial charge in [0, 0.05) is 17.8 Å². The zero-order valence-electron chi connectivity index (χ0n) is 21.4. The minimum Gasteiger partial charge on any atom is -0.348 e. The molecule has 3 heterocycles. The number of rotatable bonds is 8. The average Bonchev–Trinajstić information content (AvgIpc) is 3.45. The third-order valence-corrected chi connectivity index (χ3v) is 9.74. The van der Waals surface area contributed by atoms with Gasteiger partial charge in [-0.15, -0.1) is 0 Å². The quantitative estimate of drug-likeness (QED) is 0.597. The lowest BCUT2D eigenvalue weighted by Crippen LogP contribution is -2.77. The number of para-hydroxylation sites is 1. The molecule has 1 aromatic rings. The highest BCUT2D eigenvalue weighted by atomic mass is 16.2. The maximum absolute atomic E-state index is 13.4. The number of fused-ring (bicyclic) bond motifs is 5. The second-order valence-electron chi connectivity index (χ2n) is 12.2. The molecule has 186 valence electrons. The van der Waals surface area contributed by atoms with E-state index in [1.54, 1.807) is 0 Å². The predicted octanol–water partition coefficient (Wildman–Crippen LogP) is 3.03. The fraction of sp³-hybridized carbons (Fsp3) is 0.714. The summed E-state index contributed by atoms with van der Waals surface area (Å²) in [5.74, 6) is 2.91. The lowest BCUT2D eigenvalue weighted by atomic mass is 9.84. The lowest BCUT2D eigenvalue weighted by molar-refractivity contribution is -1.07. The largest absolute Gasteiger partial charge is 0.348 e. The second-order valence-corrected chi connectivity index (χ2v) is 12.2. The molecule has 4 bridgehead atoms. The Balaban J connectivity index is 1.15. The van der Waals surface area contributed by atoms with E-state index in [2.05, 4.69) is 26.1 Å². The molecule has 5 fully saturated rings. The molecule has 5 aliphatic rings. The zero-order chi connectivity index (χ0) is 23.9. The third-order valence-electron chi connectivity index (χ3n) is 9.74. The van der Waals surface area contributed by atoms with Crippen LogP contribution in [0.25, 0.3) is 0 Å². The monoisotopic (exact) mass is 468 g/mol. The highest BCUT2D eigenvalue weighted by Gasteiger charge is 2.51. The van der Waals surface area contributed by atoms with Crippen LogP contribution >= 0.6 is 0 Å². The zero-order valence-corrected chi connectivity index (χ0v) is 21.4. The summed E-state index contributed by atoms with van der Waals surface area (Å²) in [5.41, 5.74) is 0.987. The van der Waals surface area contributed by atoms with Crippen LogP contribution in [-0.4, -0.2) is 85.2 Å². The summed E-state index contributed by atoms with van der Waals surface area (Å²) in [7, 11) is 0. The van der Waals surface area contributed by atoms with Crippen molar-refractivity contribution in [3.63, 3.8) is 0 Å². The number of quaternary nitrogens is 2. The van der Waals surface area contributed by atoms with E-state index in [0.29, 0.717) is 25.0 Å². The Kier molecular flexibility index (Phi) is 6.49. The van der Waals surface area contributed by atoms with Crippen molar-refractivity contribution in [3.8, 4) is 0 Å². The molecule has 6 rings (SSSR count). The van der Waals surface area contributed by atoms with Crippen molar-refractivity contribution in [2.75, 3.05) is 57.3 Å². The number of benzene rings is 1. The summed E-state index contributed by atoms with van der Waals surface area (Å²) in [6, 6.07) is 10.5. The number of amides is 2. The first-order valence-electron chi connectivity index (χ1n) is 13.6. The number of nitrogens with one attached hydrogen (secondary N) is 1. The van der Waals surface area contributed by atoms with Crippen LogP contribution in [0, 0.1) is 17.8 Å². The van der Waals surface area contributed by atoms with E-state index in [1.165, 1.54) is 25.7 Å². The molecule has 0 spiro atoms. The van der Waals surface area contributed by atoms with Crippen molar-refractivity contribution in [3.05, 3.63) is 30.3 Å². The van der Waals surface area contributed by atoms with E-state index < -0.39 is 0 Å². The first kappa shape index (κ1) is 23.8. The van der Waals surface area contributed by atoms with E-state index in [4.69, 9.17) is 0 Å². The van der Waals surface area contributed by atoms with Crippen LogP contribution in [0.2, 0.25) is 0 Å². The maximum atomic E-state index is 13.4. The number of carbonyl (C=O) groups excluding carboxylic acids is 2. The molecule has 1 aromatic carbocycles. The molecule has 3 saturated heterocycles. The molecule has 3 aliphatic heterocycles. The normalized spacial score (nSPS) is 34.9. The summed E-state index contributed by atoms with van der Waals surface area (Å²) in [4.78, 5) is 28.4. The van der Waals surface area contributed by atoms with E-state index in [9.17, 15) is 9.59 Å². The Hall–Kier alpha value is -1.92. The number of hydrogen-bond acceptors (Lipinski definition) is 2. The fourth-order valence-electron chi connectivity index (χ4n) is 7.72. The summed E-state index contributed by atoms with van der Waals surface area (Å²) < 4.78 is 1.80. The molecule has 34 heavy (non-hydrogen) atoms. The van der Waals surface area contributed by atoms with Gasteiger partial charge >= 0.3 is 0 Å². The molecule has 6 nitrogen and oxygen atoms in total. The first-order valence-corrected chi connectivity index (χ1v) is 13.6. The van der Waals surface area contributed by atoms with Gasteiger partial charge in [-0.05, 0) is 69.9 Å². The van der Waals surface area contributed by atoms with Crippen LogP contribution in [0.15, 0.2) is 30.3 Å². The van der Waals surface area contributed by atoms with Crippen LogP contribution in [0.1, 0.15) is 46.5 Å². The van der Waals surface area contributed by atoms with E-state index in [0.717, 1.165) is 65.8 Å². The molecule has 0 radical (unpaired) electrons. The molecule has 2 aliphatic carbocycles. The standard InChI is InChI=1S/C28H43N4O2/c1-21(2)30(25-7-5-4-6-8-25)28(34)20-32-14-11-31(12-15-32,13-16-32)19-27(33)29-22(3)26-18-23-9-10-24(26)17-23/h4-8,21-24,26H,9-20H2,1-3H3/q+1/p+1/t22-,23+,24+,26+,31?,32?/m1/s1. The molecular formula is C28H44N4O2+2. The predicted molar refractivity (Wildman–Crippen MR) is 135 cm³/mol. The molecule has 6 heteroatoms. The molecule has 0 unspecified atom stereocenters. The van der Waals surface area contributed by atoms with Gasteiger partial charge < -0.3 is 19.2 Å². The Morgan fingerprint density at radius 3 is 2.06 bits per heavy atom. The number of carbonyl (C=O) groups is 2.